The summed E-state index contributed by atoms with van der Waals surface area (Å²) in [5.41, 5.74) is -1.33. The number of halogens is 3. The van der Waals surface area contributed by atoms with Crippen LogP contribution in [0.5, 0.6) is 0 Å². The summed E-state index contributed by atoms with van der Waals surface area (Å²) in [5.74, 6) is -1.22. The number of anilines is 1. The van der Waals surface area contributed by atoms with Gasteiger partial charge in [0.05, 0.1) is 12.5 Å². The average Bonchev–Trinajstić information content (AvgIpc) is 2.89. The maximum Gasteiger partial charge on any atom is 0.410 e. The first-order chi connectivity index (χ1) is 19.9. The molecule has 1 aromatic heterocycles. The molecule has 1 aliphatic rings. The highest BCUT2D eigenvalue weighted by Crippen LogP contribution is 2.29. The Balaban J connectivity index is 2.55. The number of methoxy groups -OCH3 is 2. The third-order valence-electron chi connectivity index (χ3n) is 6.67. The molecule has 2 amide bonds. The van der Waals surface area contributed by atoms with Gasteiger partial charge in [-0.1, -0.05) is 20.8 Å². The van der Waals surface area contributed by atoms with Crippen molar-refractivity contribution in [3.8, 4) is 0 Å². The number of aromatic nitrogens is 2. The molecule has 11 nitrogen and oxygen atoms in total. The number of amides is 2. The summed E-state index contributed by atoms with van der Waals surface area (Å²) in [4.78, 5) is 51.3. The molecule has 2 heterocycles. The van der Waals surface area contributed by atoms with Crippen molar-refractivity contribution in [1.29, 1.82) is 0 Å². The first-order valence-corrected chi connectivity index (χ1v) is 14.3. The van der Waals surface area contributed by atoms with Crippen LogP contribution in [0.25, 0.3) is 0 Å². The Labute approximate surface area is 251 Å². The molecule has 0 aliphatic carbocycles. The monoisotopic (exact) mass is 617 g/mol. The molecular weight excluding hydrogens is 571 g/mol. The number of Topliss-reactive ketones (excluding diaryl/α,β-unsaturated/α-hetero) is 1. The number of hydrogen-bond donors (Lipinski definition) is 1. The second kappa shape index (κ2) is 15.1. The van der Waals surface area contributed by atoms with E-state index in [9.17, 15) is 27.6 Å². The number of nitrogens with zero attached hydrogens (tertiary/aromatic N) is 4. The van der Waals surface area contributed by atoms with Gasteiger partial charge in [0, 0.05) is 64.5 Å². The standard InChI is InChI=1S/C29H46F3N5O6/c1-27(2,3)25-34-15-21(23(35-25)33-11-9-13-41-7)24(39)37(12-10-29(30,31)32)20-14-19(22(38)18-42-8)16-36(17-20)26(40)43-28(4,5)6/h15,19-20H,9-14,16-18H2,1-8H3,(H,33,34,35)/t19-,20?/m1/s1. The quantitative estimate of drug-likeness (QED) is 0.339. The number of nitrogens with one attached hydrogen (secondary N) is 1. The number of carbonyl (C=O) groups excluding carboxylic acids is 3. The van der Waals surface area contributed by atoms with E-state index >= 15 is 0 Å². The van der Waals surface area contributed by atoms with Crippen molar-refractivity contribution in [3.05, 3.63) is 17.6 Å². The molecule has 2 rings (SSSR count). The normalized spacial score (nSPS) is 17.9. The molecule has 0 saturated carbocycles. The van der Waals surface area contributed by atoms with Crippen LogP contribution >= 0.6 is 0 Å². The van der Waals surface area contributed by atoms with Gasteiger partial charge < -0.3 is 29.3 Å². The maximum atomic E-state index is 14.1. The van der Waals surface area contributed by atoms with Gasteiger partial charge in [0.2, 0.25) is 0 Å². The van der Waals surface area contributed by atoms with Gasteiger partial charge in [-0.15, -0.1) is 0 Å². The minimum Gasteiger partial charge on any atom is -0.444 e. The van der Waals surface area contributed by atoms with Gasteiger partial charge in [-0.25, -0.2) is 14.8 Å². The molecule has 43 heavy (non-hydrogen) atoms. The molecule has 244 valence electrons. The molecule has 0 aromatic carbocycles. The zero-order valence-electron chi connectivity index (χ0n) is 26.5. The summed E-state index contributed by atoms with van der Waals surface area (Å²) < 4.78 is 56.1. The fourth-order valence-corrected chi connectivity index (χ4v) is 4.58. The van der Waals surface area contributed by atoms with Crippen LogP contribution in [0.15, 0.2) is 6.20 Å². The summed E-state index contributed by atoms with van der Waals surface area (Å²) in [5, 5.41) is 3.11. The lowest BCUT2D eigenvalue weighted by atomic mass is 9.89. The van der Waals surface area contributed by atoms with Gasteiger partial charge in [-0.05, 0) is 33.6 Å². The first-order valence-electron chi connectivity index (χ1n) is 14.3. The summed E-state index contributed by atoms with van der Waals surface area (Å²) in [6.07, 6.45) is -4.62. The van der Waals surface area contributed by atoms with E-state index in [4.69, 9.17) is 14.2 Å². The van der Waals surface area contributed by atoms with Crippen molar-refractivity contribution >= 4 is 23.6 Å². The van der Waals surface area contributed by atoms with Gasteiger partial charge in [0.25, 0.3) is 5.91 Å². The molecule has 1 aromatic rings. The largest absolute Gasteiger partial charge is 0.444 e. The number of carbonyl (C=O) groups is 3. The minimum absolute atomic E-state index is 0.00932. The predicted molar refractivity (Wildman–Crippen MR) is 154 cm³/mol. The number of piperidine rings is 1. The molecule has 1 saturated heterocycles. The van der Waals surface area contributed by atoms with Crippen LogP contribution in [0.2, 0.25) is 0 Å². The van der Waals surface area contributed by atoms with Crippen LogP contribution < -0.4 is 5.32 Å². The van der Waals surface area contributed by atoms with Crippen LogP contribution in [-0.2, 0) is 24.4 Å². The van der Waals surface area contributed by atoms with E-state index < -0.39 is 54.1 Å². The lowest BCUT2D eigenvalue weighted by Gasteiger charge is -2.42. The molecule has 0 bridgehead atoms. The number of ether oxygens (including phenoxy) is 3. The van der Waals surface area contributed by atoms with Crippen molar-refractivity contribution in [2.75, 3.05) is 58.9 Å². The fraction of sp³-hybridized carbons (Fsp3) is 0.759. The third-order valence-corrected chi connectivity index (χ3v) is 6.67. The van der Waals surface area contributed by atoms with E-state index in [2.05, 4.69) is 15.3 Å². The van der Waals surface area contributed by atoms with Crippen molar-refractivity contribution < 1.29 is 41.8 Å². The molecular formula is C29H46F3N5O6. The Morgan fingerprint density at radius 1 is 1.07 bits per heavy atom. The molecule has 1 N–H and O–H groups in total. The SMILES string of the molecule is COCCCNc1nc(C(C)(C)C)ncc1C(=O)N(CCC(F)(F)F)C1C[C@@H](C(=O)COC)CN(C(=O)OC(C)(C)C)C1. The van der Waals surface area contributed by atoms with Gasteiger partial charge in [0.15, 0.2) is 5.78 Å². The van der Waals surface area contributed by atoms with Crippen molar-refractivity contribution in [2.24, 2.45) is 5.92 Å². The number of rotatable bonds is 12. The molecule has 1 fully saturated rings. The Kier molecular flexibility index (Phi) is 12.7. The summed E-state index contributed by atoms with van der Waals surface area (Å²) in [6.45, 7) is 10.5. The van der Waals surface area contributed by atoms with E-state index in [0.29, 0.717) is 25.4 Å². The van der Waals surface area contributed by atoms with E-state index in [1.807, 2.05) is 20.8 Å². The summed E-state index contributed by atoms with van der Waals surface area (Å²) in [7, 11) is 2.91. The average molecular weight is 618 g/mol. The zero-order chi connectivity index (χ0) is 32.6. The number of alkyl halides is 3. The molecule has 1 aliphatic heterocycles. The second-order valence-corrected chi connectivity index (χ2v) is 12.7. The molecule has 14 heteroatoms. The lowest BCUT2D eigenvalue weighted by molar-refractivity contribution is -0.139. The maximum absolute atomic E-state index is 14.1. The van der Waals surface area contributed by atoms with E-state index in [0.717, 1.165) is 4.90 Å². The third kappa shape index (κ3) is 11.5. The van der Waals surface area contributed by atoms with Gasteiger partial charge in [0.1, 0.15) is 29.4 Å². The lowest BCUT2D eigenvalue weighted by Crippen LogP contribution is -2.57. The van der Waals surface area contributed by atoms with Gasteiger partial charge in [-0.3, -0.25) is 9.59 Å². The Morgan fingerprint density at radius 2 is 1.74 bits per heavy atom. The minimum atomic E-state index is -4.56. The molecule has 0 radical (unpaired) electrons. The van der Waals surface area contributed by atoms with Crippen molar-refractivity contribution in [3.63, 3.8) is 0 Å². The smallest absolute Gasteiger partial charge is 0.410 e. The van der Waals surface area contributed by atoms with E-state index in [-0.39, 0.29) is 43.3 Å². The molecule has 0 spiro atoms. The second-order valence-electron chi connectivity index (χ2n) is 12.7. The van der Waals surface area contributed by atoms with E-state index in [1.54, 1.807) is 27.9 Å². The van der Waals surface area contributed by atoms with Crippen LogP contribution in [0.3, 0.4) is 0 Å². The highest BCUT2D eigenvalue weighted by atomic mass is 19.4. The highest BCUT2D eigenvalue weighted by Gasteiger charge is 2.41. The number of likely N-dealkylation sites (tertiary alicyclic amines) is 1. The summed E-state index contributed by atoms with van der Waals surface area (Å²) >= 11 is 0. The summed E-state index contributed by atoms with van der Waals surface area (Å²) in [6, 6.07) is -0.925. The predicted octanol–water partition coefficient (Wildman–Crippen LogP) is 4.46. The Hall–Kier alpha value is -3.00. The molecule has 1 unspecified atom stereocenters. The van der Waals surface area contributed by atoms with Crippen LogP contribution in [0.1, 0.15) is 77.0 Å². The fourth-order valence-electron chi connectivity index (χ4n) is 4.58. The van der Waals surface area contributed by atoms with Gasteiger partial charge >= 0.3 is 12.3 Å². The Morgan fingerprint density at radius 3 is 2.30 bits per heavy atom. The zero-order valence-corrected chi connectivity index (χ0v) is 26.5. The van der Waals surface area contributed by atoms with E-state index in [1.165, 1.54) is 18.2 Å². The highest BCUT2D eigenvalue weighted by molar-refractivity contribution is 5.98. The van der Waals surface area contributed by atoms with Crippen LogP contribution in [0, 0.1) is 5.92 Å². The van der Waals surface area contributed by atoms with Crippen LogP contribution in [-0.4, -0.2) is 109 Å². The van der Waals surface area contributed by atoms with Crippen LogP contribution in [0.4, 0.5) is 23.8 Å². The number of hydrogen-bond acceptors (Lipinski definition) is 9. The molecule has 2 atom stereocenters. The number of ketones is 1. The first kappa shape index (κ1) is 36.2. The van der Waals surface area contributed by atoms with Gasteiger partial charge in [-0.2, -0.15) is 13.2 Å². The van der Waals surface area contributed by atoms with Crippen molar-refractivity contribution in [1.82, 2.24) is 19.8 Å². The van der Waals surface area contributed by atoms with Crippen molar-refractivity contribution in [2.45, 2.75) is 84.0 Å². The topological polar surface area (TPSA) is 123 Å². The Bertz CT molecular complexity index is 1100.